The number of rotatable bonds is 8. The van der Waals surface area contributed by atoms with Crippen molar-refractivity contribution in [2.75, 3.05) is 25.2 Å². The monoisotopic (exact) mass is 247 g/mol. The normalized spacial score (nSPS) is 11.6. The highest BCUT2D eigenvalue weighted by atomic mass is 32.2. The molecule has 0 spiro atoms. The van der Waals surface area contributed by atoms with Crippen molar-refractivity contribution in [2.45, 2.75) is 12.5 Å². The van der Waals surface area contributed by atoms with Gasteiger partial charge < -0.3 is 15.2 Å². The molecular weight excluding hydrogens is 230 g/mol. The molecule has 0 aromatic rings. The molecule has 0 aliphatic heterocycles. The number of thioether (sulfide) groups is 1. The third-order valence-corrected chi connectivity index (χ3v) is 2.32. The first-order chi connectivity index (χ1) is 7.61. The number of hydrogen-bond donors (Lipinski definition) is 1. The second kappa shape index (κ2) is 9.23. The first-order valence-electron chi connectivity index (χ1n) is 4.82. The van der Waals surface area contributed by atoms with E-state index < -0.39 is 18.0 Å². The molecule has 0 unspecified atom stereocenters. The number of hydrogen-bond acceptors (Lipinski definition) is 6. The van der Waals surface area contributed by atoms with Gasteiger partial charge in [-0.25, -0.2) is 4.79 Å². The van der Waals surface area contributed by atoms with Gasteiger partial charge in [0.25, 0.3) is 0 Å². The highest BCUT2D eigenvalue weighted by molar-refractivity contribution is 7.98. The summed E-state index contributed by atoms with van der Waals surface area (Å²) in [4.78, 5) is 21.9. The lowest BCUT2D eigenvalue weighted by Crippen LogP contribution is -2.33. The Morgan fingerprint density at radius 2 is 2.06 bits per heavy atom. The van der Waals surface area contributed by atoms with Gasteiger partial charge in [-0.3, -0.25) is 4.79 Å². The summed E-state index contributed by atoms with van der Waals surface area (Å²) in [5.41, 5.74) is 5.56. The van der Waals surface area contributed by atoms with Gasteiger partial charge in [-0.2, -0.15) is 11.8 Å². The summed E-state index contributed by atoms with van der Waals surface area (Å²) < 4.78 is 9.43. The van der Waals surface area contributed by atoms with E-state index in [-0.39, 0.29) is 13.2 Å². The maximum atomic E-state index is 11.2. The van der Waals surface area contributed by atoms with Crippen molar-refractivity contribution < 1.29 is 19.1 Å². The Labute approximate surface area is 99.3 Å². The first-order valence-corrected chi connectivity index (χ1v) is 6.21. The number of esters is 2. The molecule has 0 saturated carbocycles. The second-order valence-corrected chi connectivity index (χ2v) is 3.91. The quantitative estimate of drug-likeness (QED) is 0.378. The van der Waals surface area contributed by atoms with Gasteiger partial charge in [0.05, 0.1) is 0 Å². The fourth-order valence-corrected chi connectivity index (χ4v) is 1.30. The molecule has 0 aromatic heterocycles. The Balaban J connectivity index is 3.56. The van der Waals surface area contributed by atoms with Crippen LogP contribution in [0.4, 0.5) is 0 Å². The van der Waals surface area contributed by atoms with Crippen LogP contribution in [0.2, 0.25) is 0 Å². The summed E-state index contributed by atoms with van der Waals surface area (Å²) in [5, 5.41) is 0. The lowest BCUT2D eigenvalue weighted by molar-refractivity contribution is -0.150. The molecule has 6 heteroatoms. The lowest BCUT2D eigenvalue weighted by atomic mass is 10.2. The van der Waals surface area contributed by atoms with E-state index in [1.165, 1.54) is 0 Å². The van der Waals surface area contributed by atoms with Crippen LogP contribution in [0.3, 0.4) is 0 Å². The highest BCUT2D eigenvalue weighted by Gasteiger charge is 2.14. The molecule has 0 aliphatic carbocycles. The molecule has 1 atom stereocenters. The van der Waals surface area contributed by atoms with E-state index in [0.29, 0.717) is 6.42 Å². The molecule has 5 nitrogen and oxygen atoms in total. The Hall–Kier alpha value is -1.01. The molecule has 0 bridgehead atoms. The van der Waals surface area contributed by atoms with E-state index >= 15 is 0 Å². The third kappa shape index (κ3) is 7.30. The van der Waals surface area contributed by atoms with Crippen molar-refractivity contribution in [1.29, 1.82) is 0 Å². The van der Waals surface area contributed by atoms with Crippen LogP contribution in [0, 0.1) is 0 Å². The van der Waals surface area contributed by atoms with Gasteiger partial charge in [-0.15, -0.1) is 0 Å². The molecule has 0 aliphatic rings. The minimum absolute atomic E-state index is 0.0192. The number of carbonyl (C=O) groups excluding carboxylic acids is 2. The standard InChI is InChI=1S/C10H17NO4S/c1-3-9(12)14-5-6-15-10(13)8(11)4-7-16-2/h3,8H,1,4-7,11H2,2H3/t8-/m0/s1. The number of nitrogens with two attached hydrogens (primary N) is 1. The molecule has 0 amide bonds. The average molecular weight is 247 g/mol. The van der Waals surface area contributed by atoms with Gasteiger partial charge in [0, 0.05) is 6.08 Å². The van der Waals surface area contributed by atoms with E-state index in [1.807, 2.05) is 6.26 Å². The zero-order chi connectivity index (χ0) is 12.4. The van der Waals surface area contributed by atoms with E-state index in [0.717, 1.165) is 11.8 Å². The Morgan fingerprint density at radius 1 is 1.44 bits per heavy atom. The minimum Gasteiger partial charge on any atom is -0.461 e. The predicted octanol–water partition coefficient (Wildman–Crippen LogP) is 0.339. The van der Waals surface area contributed by atoms with Crippen LogP contribution in [-0.4, -0.2) is 43.2 Å². The van der Waals surface area contributed by atoms with Gasteiger partial charge in [-0.1, -0.05) is 6.58 Å². The van der Waals surface area contributed by atoms with Gasteiger partial charge in [0.15, 0.2) is 0 Å². The topological polar surface area (TPSA) is 78.6 Å². The van der Waals surface area contributed by atoms with Crippen LogP contribution < -0.4 is 5.73 Å². The summed E-state index contributed by atoms with van der Waals surface area (Å²) in [7, 11) is 0. The van der Waals surface area contributed by atoms with E-state index in [2.05, 4.69) is 11.3 Å². The molecule has 0 radical (unpaired) electrons. The lowest BCUT2D eigenvalue weighted by Gasteiger charge is -2.10. The molecular formula is C10H17NO4S. The van der Waals surface area contributed by atoms with Crippen molar-refractivity contribution in [1.82, 2.24) is 0 Å². The first kappa shape index (κ1) is 15.0. The SMILES string of the molecule is C=CC(=O)OCCOC(=O)[C@@H](N)CCSC. The van der Waals surface area contributed by atoms with Gasteiger partial charge in [-0.05, 0) is 18.4 Å². The smallest absolute Gasteiger partial charge is 0.330 e. The van der Waals surface area contributed by atoms with Gasteiger partial charge in [0.1, 0.15) is 19.3 Å². The maximum absolute atomic E-state index is 11.2. The van der Waals surface area contributed by atoms with Crippen LogP contribution in [0.15, 0.2) is 12.7 Å². The summed E-state index contributed by atoms with van der Waals surface area (Å²) in [6.45, 7) is 3.27. The van der Waals surface area contributed by atoms with Crippen molar-refractivity contribution >= 4 is 23.7 Å². The minimum atomic E-state index is -0.609. The van der Waals surface area contributed by atoms with Crippen molar-refractivity contribution in [3.8, 4) is 0 Å². The fraction of sp³-hybridized carbons (Fsp3) is 0.600. The molecule has 0 rings (SSSR count). The van der Waals surface area contributed by atoms with E-state index in [4.69, 9.17) is 10.5 Å². The Morgan fingerprint density at radius 3 is 2.62 bits per heavy atom. The summed E-state index contributed by atoms with van der Waals surface area (Å²) in [6.07, 6.45) is 3.56. The van der Waals surface area contributed by atoms with E-state index in [1.54, 1.807) is 11.8 Å². The van der Waals surface area contributed by atoms with Crippen molar-refractivity contribution in [3.63, 3.8) is 0 Å². The second-order valence-electron chi connectivity index (χ2n) is 2.93. The van der Waals surface area contributed by atoms with E-state index in [9.17, 15) is 9.59 Å². The third-order valence-electron chi connectivity index (χ3n) is 1.67. The molecule has 2 N–H and O–H groups in total. The van der Waals surface area contributed by atoms with Crippen LogP contribution >= 0.6 is 11.8 Å². The van der Waals surface area contributed by atoms with Crippen molar-refractivity contribution in [3.05, 3.63) is 12.7 Å². The van der Waals surface area contributed by atoms with Gasteiger partial charge in [0.2, 0.25) is 0 Å². The summed E-state index contributed by atoms with van der Waals surface area (Å²) >= 11 is 1.61. The Kier molecular flexibility index (Phi) is 8.65. The molecule has 0 fully saturated rings. The molecule has 0 heterocycles. The zero-order valence-electron chi connectivity index (χ0n) is 9.31. The average Bonchev–Trinajstić information content (AvgIpc) is 2.30. The maximum Gasteiger partial charge on any atom is 0.330 e. The van der Waals surface area contributed by atoms with Crippen LogP contribution in [0.1, 0.15) is 6.42 Å². The summed E-state index contributed by atoms with van der Waals surface area (Å²) in [5.74, 6) is -0.201. The highest BCUT2D eigenvalue weighted by Crippen LogP contribution is 2.00. The molecule has 16 heavy (non-hydrogen) atoms. The van der Waals surface area contributed by atoms with Gasteiger partial charge >= 0.3 is 11.9 Å². The molecule has 92 valence electrons. The van der Waals surface area contributed by atoms with Crippen LogP contribution in [0.25, 0.3) is 0 Å². The van der Waals surface area contributed by atoms with Crippen LogP contribution in [-0.2, 0) is 19.1 Å². The van der Waals surface area contributed by atoms with Crippen molar-refractivity contribution in [2.24, 2.45) is 5.73 Å². The number of carbonyl (C=O) groups is 2. The number of ether oxygens (including phenoxy) is 2. The largest absolute Gasteiger partial charge is 0.461 e. The molecule has 0 aromatic carbocycles. The Bertz CT molecular complexity index is 245. The fourth-order valence-electron chi connectivity index (χ4n) is 0.813. The van der Waals surface area contributed by atoms with Crippen LogP contribution in [0.5, 0.6) is 0 Å². The molecule has 0 saturated heterocycles. The summed E-state index contributed by atoms with van der Waals surface area (Å²) in [6, 6.07) is -0.609. The predicted molar refractivity (Wildman–Crippen MR) is 63.1 cm³/mol. The zero-order valence-corrected chi connectivity index (χ0v) is 10.1.